The highest BCUT2D eigenvalue weighted by molar-refractivity contribution is 7.98. The summed E-state index contributed by atoms with van der Waals surface area (Å²) in [5, 5.41) is 0. The van der Waals surface area contributed by atoms with E-state index in [1.807, 2.05) is 53.6 Å². The molecule has 3 nitrogen and oxygen atoms in total. The number of nitrogens with zero attached hydrogens (tertiary/aromatic N) is 1. The van der Waals surface area contributed by atoms with E-state index < -0.39 is 0 Å². The molecule has 4 heteroatoms. The second-order valence-electron chi connectivity index (χ2n) is 6.44. The van der Waals surface area contributed by atoms with E-state index in [-0.39, 0.29) is 5.91 Å². The third-order valence-electron chi connectivity index (χ3n) is 4.70. The Kier molecular flexibility index (Phi) is 6.54. The van der Waals surface area contributed by atoms with Crippen LogP contribution in [0.2, 0.25) is 0 Å². The van der Waals surface area contributed by atoms with E-state index in [4.69, 9.17) is 4.74 Å². The minimum Gasteiger partial charge on any atom is -0.376 e. The number of ether oxygens (including phenoxy) is 1. The summed E-state index contributed by atoms with van der Waals surface area (Å²) in [6, 6.07) is 18.1. The fourth-order valence-electron chi connectivity index (χ4n) is 3.21. The molecule has 2 aromatic carbocycles. The Balaban J connectivity index is 1.46. The van der Waals surface area contributed by atoms with Gasteiger partial charge < -0.3 is 9.64 Å². The Labute approximate surface area is 154 Å². The molecule has 0 spiro atoms. The molecule has 0 atom stereocenters. The first kappa shape index (κ1) is 18.0. The normalized spacial score (nSPS) is 15.3. The summed E-state index contributed by atoms with van der Waals surface area (Å²) in [6.07, 6.45) is 4.05. The molecule has 25 heavy (non-hydrogen) atoms. The van der Waals surface area contributed by atoms with Gasteiger partial charge in [0.1, 0.15) is 0 Å². The molecule has 1 heterocycles. The van der Waals surface area contributed by atoms with Crippen LogP contribution in [0.4, 0.5) is 0 Å². The smallest absolute Gasteiger partial charge is 0.254 e. The Bertz CT molecular complexity index is 681. The summed E-state index contributed by atoms with van der Waals surface area (Å²) in [7, 11) is 0. The zero-order valence-electron chi connectivity index (χ0n) is 14.7. The topological polar surface area (TPSA) is 29.5 Å². The van der Waals surface area contributed by atoms with Crippen LogP contribution in [0.15, 0.2) is 59.5 Å². The molecule has 1 amide bonds. The summed E-state index contributed by atoms with van der Waals surface area (Å²) in [6.45, 7) is 3.08. The summed E-state index contributed by atoms with van der Waals surface area (Å²) >= 11 is 1.63. The van der Waals surface area contributed by atoms with E-state index in [9.17, 15) is 4.79 Å². The monoisotopic (exact) mass is 355 g/mol. The molecule has 1 fully saturated rings. The number of hydrogen-bond acceptors (Lipinski definition) is 3. The van der Waals surface area contributed by atoms with Gasteiger partial charge in [-0.25, -0.2) is 0 Å². The molecular weight excluding hydrogens is 330 g/mol. The molecule has 0 aromatic heterocycles. The number of hydrogen-bond donors (Lipinski definition) is 0. The van der Waals surface area contributed by atoms with Crippen molar-refractivity contribution >= 4 is 17.7 Å². The molecule has 0 aliphatic carbocycles. The van der Waals surface area contributed by atoms with Gasteiger partial charge in [-0.3, -0.25) is 4.79 Å². The van der Waals surface area contributed by atoms with Crippen molar-refractivity contribution in [2.45, 2.75) is 24.3 Å². The molecule has 3 rings (SSSR count). The average Bonchev–Trinajstić information content (AvgIpc) is 2.69. The van der Waals surface area contributed by atoms with Gasteiger partial charge in [0.25, 0.3) is 5.91 Å². The Morgan fingerprint density at radius 3 is 2.48 bits per heavy atom. The first-order valence-corrected chi connectivity index (χ1v) is 10.0. The average molecular weight is 356 g/mol. The van der Waals surface area contributed by atoms with Crippen LogP contribution in [0.3, 0.4) is 0 Å². The van der Waals surface area contributed by atoms with Gasteiger partial charge in [0.05, 0.1) is 12.2 Å². The van der Waals surface area contributed by atoms with Crippen molar-refractivity contribution in [2.24, 2.45) is 5.92 Å². The van der Waals surface area contributed by atoms with Crippen molar-refractivity contribution in [1.82, 2.24) is 4.90 Å². The van der Waals surface area contributed by atoms with E-state index in [1.54, 1.807) is 11.8 Å². The lowest BCUT2D eigenvalue weighted by Crippen LogP contribution is -2.39. The lowest BCUT2D eigenvalue weighted by Gasteiger charge is -2.32. The number of carbonyl (C=O) groups is 1. The number of carbonyl (C=O) groups excluding carboxylic acids is 1. The minimum atomic E-state index is 0.161. The lowest BCUT2D eigenvalue weighted by atomic mass is 9.97. The lowest BCUT2D eigenvalue weighted by molar-refractivity contribution is 0.0476. The van der Waals surface area contributed by atoms with E-state index in [0.29, 0.717) is 12.5 Å². The zero-order valence-corrected chi connectivity index (χ0v) is 15.5. The van der Waals surface area contributed by atoms with Crippen LogP contribution in [0, 0.1) is 5.92 Å². The predicted molar refractivity (Wildman–Crippen MR) is 103 cm³/mol. The highest BCUT2D eigenvalue weighted by Gasteiger charge is 2.24. The molecule has 0 unspecified atom stereocenters. The second kappa shape index (κ2) is 9.07. The van der Waals surface area contributed by atoms with Crippen LogP contribution in [0.25, 0.3) is 0 Å². The number of rotatable bonds is 6. The molecular formula is C21H25NO2S. The van der Waals surface area contributed by atoms with Crippen molar-refractivity contribution in [3.63, 3.8) is 0 Å². The third kappa shape index (κ3) is 4.86. The molecule has 0 radical (unpaired) electrons. The van der Waals surface area contributed by atoms with E-state index >= 15 is 0 Å². The Morgan fingerprint density at radius 1 is 1.08 bits per heavy atom. The maximum absolute atomic E-state index is 12.8. The molecule has 0 saturated carbocycles. The van der Waals surface area contributed by atoms with Crippen LogP contribution in [-0.4, -0.2) is 36.8 Å². The summed E-state index contributed by atoms with van der Waals surface area (Å²) in [4.78, 5) is 15.8. The van der Waals surface area contributed by atoms with E-state index in [0.717, 1.165) is 43.0 Å². The highest BCUT2D eigenvalue weighted by Crippen LogP contribution is 2.24. The van der Waals surface area contributed by atoms with E-state index in [2.05, 4.69) is 12.1 Å². The van der Waals surface area contributed by atoms with Gasteiger partial charge in [0.2, 0.25) is 0 Å². The summed E-state index contributed by atoms with van der Waals surface area (Å²) in [5.74, 6) is 0.706. The fourth-order valence-corrected chi connectivity index (χ4v) is 3.80. The van der Waals surface area contributed by atoms with E-state index in [1.165, 1.54) is 5.56 Å². The van der Waals surface area contributed by atoms with Crippen molar-refractivity contribution < 1.29 is 9.53 Å². The molecule has 0 bridgehead atoms. The summed E-state index contributed by atoms with van der Waals surface area (Å²) < 4.78 is 5.87. The Morgan fingerprint density at radius 2 is 1.76 bits per heavy atom. The number of piperidine rings is 1. The molecule has 0 N–H and O–H groups in total. The van der Waals surface area contributed by atoms with Gasteiger partial charge in [0.15, 0.2) is 0 Å². The molecule has 1 saturated heterocycles. The number of thioether (sulfide) groups is 1. The number of likely N-dealkylation sites (tertiary alicyclic amines) is 1. The van der Waals surface area contributed by atoms with Crippen molar-refractivity contribution in [1.29, 1.82) is 0 Å². The van der Waals surface area contributed by atoms with Crippen molar-refractivity contribution in [2.75, 3.05) is 26.0 Å². The standard InChI is InChI=1S/C21H25NO2S/c1-25-20-10-6-5-9-19(20)21(23)22-13-11-18(12-14-22)16-24-15-17-7-3-2-4-8-17/h2-10,18H,11-16H2,1H3. The van der Waals surface area contributed by atoms with Crippen molar-refractivity contribution in [3.05, 3.63) is 65.7 Å². The number of amides is 1. The van der Waals surface area contributed by atoms with Crippen molar-refractivity contribution in [3.8, 4) is 0 Å². The Hall–Kier alpha value is -1.78. The molecule has 132 valence electrons. The van der Waals surface area contributed by atoms with Gasteiger partial charge in [-0.15, -0.1) is 11.8 Å². The quantitative estimate of drug-likeness (QED) is 0.716. The van der Waals surface area contributed by atoms with Crippen LogP contribution in [0.1, 0.15) is 28.8 Å². The van der Waals surface area contributed by atoms with Crippen LogP contribution < -0.4 is 0 Å². The van der Waals surface area contributed by atoms with Gasteiger partial charge in [-0.1, -0.05) is 42.5 Å². The van der Waals surface area contributed by atoms with Crippen LogP contribution in [-0.2, 0) is 11.3 Å². The highest BCUT2D eigenvalue weighted by atomic mass is 32.2. The maximum atomic E-state index is 12.8. The zero-order chi connectivity index (χ0) is 17.5. The van der Waals surface area contributed by atoms with Crippen LogP contribution in [0.5, 0.6) is 0 Å². The molecule has 2 aromatic rings. The molecule has 1 aliphatic heterocycles. The molecule has 1 aliphatic rings. The third-order valence-corrected chi connectivity index (χ3v) is 5.50. The van der Waals surface area contributed by atoms with Gasteiger partial charge >= 0.3 is 0 Å². The SMILES string of the molecule is CSc1ccccc1C(=O)N1CCC(COCc2ccccc2)CC1. The van der Waals surface area contributed by atoms with Gasteiger partial charge in [-0.2, -0.15) is 0 Å². The second-order valence-corrected chi connectivity index (χ2v) is 7.28. The van der Waals surface area contributed by atoms with Crippen LogP contribution >= 0.6 is 11.8 Å². The van der Waals surface area contributed by atoms with Gasteiger partial charge in [-0.05, 0) is 42.7 Å². The number of benzene rings is 2. The van der Waals surface area contributed by atoms with Gasteiger partial charge in [0, 0.05) is 24.6 Å². The largest absolute Gasteiger partial charge is 0.376 e. The first-order valence-electron chi connectivity index (χ1n) is 8.82. The maximum Gasteiger partial charge on any atom is 0.254 e. The predicted octanol–water partition coefficient (Wildman–Crippen LogP) is 4.48. The first-order chi connectivity index (χ1) is 12.3. The fraction of sp³-hybridized carbons (Fsp3) is 0.381. The minimum absolute atomic E-state index is 0.161. The summed E-state index contributed by atoms with van der Waals surface area (Å²) in [5.41, 5.74) is 2.04.